The predicted molar refractivity (Wildman–Crippen MR) is 101 cm³/mol. The zero-order valence-corrected chi connectivity index (χ0v) is 14.8. The van der Waals surface area contributed by atoms with Gasteiger partial charge in [-0.1, -0.05) is 53.7 Å². The molecule has 1 unspecified atom stereocenters. The predicted octanol–water partition coefficient (Wildman–Crippen LogP) is 4.39. The highest BCUT2D eigenvalue weighted by Crippen LogP contribution is 2.45. The van der Waals surface area contributed by atoms with Gasteiger partial charge in [0.05, 0.1) is 5.69 Å². The molecule has 2 aromatic heterocycles. The van der Waals surface area contributed by atoms with Gasteiger partial charge in [-0.3, -0.25) is 0 Å². The lowest BCUT2D eigenvalue weighted by Crippen LogP contribution is -2.14. The van der Waals surface area contributed by atoms with Crippen LogP contribution in [0.15, 0.2) is 53.7 Å². The van der Waals surface area contributed by atoms with E-state index < -0.39 is 0 Å². The Morgan fingerprint density at radius 2 is 1.88 bits per heavy atom. The van der Waals surface area contributed by atoms with Crippen LogP contribution in [0, 0.1) is 13.8 Å². The lowest BCUT2D eigenvalue weighted by Gasteiger charge is -2.13. The first-order valence-corrected chi connectivity index (χ1v) is 9.11. The fourth-order valence-corrected chi connectivity index (χ4v) is 4.48. The number of aryl methyl sites for hydroxylation is 2. The Morgan fingerprint density at radius 3 is 2.68 bits per heavy atom. The van der Waals surface area contributed by atoms with Crippen molar-refractivity contribution in [3.63, 3.8) is 0 Å². The van der Waals surface area contributed by atoms with Gasteiger partial charge in [0.25, 0.3) is 0 Å². The Labute approximate surface area is 149 Å². The van der Waals surface area contributed by atoms with Gasteiger partial charge in [0.1, 0.15) is 11.2 Å². The summed E-state index contributed by atoms with van der Waals surface area (Å²) >= 11 is 1.70. The van der Waals surface area contributed by atoms with Crippen LogP contribution in [0.25, 0.3) is 22.2 Å². The van der Waals surface area contributed by atoms with Crippen molar-refractivity contribution >= 4 is 22.7 Å². The van der Waals surface area contributed by atoms with Crippen LogP contribution in [0.1, 0.15) is 22.3 Å². The van der Waals surface area contributed by atoms with E-state index in [4.69, 9.17) is 0 Å². The van der Waals surface area contributed by atoms with Crippen molar-refractivity contribution in [1.29, 1.82) is 0 Å². The molecule has 2 N–H and O–H groups in total. The number of aromatic nitrogens is 4. The molecular weight excluding hydrogens is 330 g/mol. The summed E-state index contributed by atoms with van der Waals surface area (Å²) in [7, 11) is 0. The van der Waals surface area contributed by atoms with Gasteiger partial charge in [0.2, 0.25) is 5.16 Å². The van der Waals surface area contributed by atoms with Gasteiger partial charge in [-0.25, -0.2) is 4.68 Å². The van der Waals surface area contributed by atoms with E-state index in [1.165, 1.54) is 22.1 Å². The van der Waals surface area contributed by atoms with Gasteiger partial charge in [-0.2, -0.15) is 0 Å². The summed E-state index contributed by atoms with van der Waals surface area (Å²) in [5, 5.41) is 10.6. The molecular formula is C19H17N5S. The normalized spacial score (nSPS) is 16.2. The molecule has 0 aliphatic carbocycles. The average Bonchev–Trinajstić information content (AvgIpc) is 3.29. The Morgan fingerprint density at radius 1 is 1.04 bits per heavy atom. The van der Waals surface area contributed by atoms with E-state index in [0.29, 0.717) is 0 Å². The molecule has 0 spiro atoms. The van der Waals surface area contributed by atoms with E-state index >= 15 is 0 Å². The second-order valence-corrected chi connectivity index (χ2v) is 7.39. The van der Waals surface area contributed by atoms with E-state index in [9.17, 15) is 0 Å². The summed E-state index contributed by atoms with van der Waals surface area (Å²) < 4.78 is 1.97. The number of nitrogens with one attached hydrogen (secondary N) is 2. The standard InChI is InChI=1S/C19H17N5S/c1-11-8-9-15-14(10-11)16(17(20-15)13-6-4-3-5-7-13)18-23-24-12(2)21-22-19(24)25-18/h3-10,18,20,23H,1-2H3. The summed E-state index contributed by atoms with van der Waals surface area (Å²) in [6, 6.07) is 17.0. The van der Waals surface area contributed by atoms with Crippen LogP contribution in [-0.4, -0.2) is 19.9 Å². The number of hydrogen-bond donors (Lipinski definition) is 2. The first kappa shape index (κ1) is 14.6. The fourth-order valence-electron chi connectivity index (χ4n) is 3.37. The number of hydrogen-bond acceptors (Lipinski definition) is 4. The van der Waals surface area contributed by atoms with Crippen molar-refractivity contribution in [2.75, 3.05) is 5.43 Å². The number of aromatic amines is 1. The van der Waals surface area contributed by atoms with Crippen molar-refractivity contribution in [2.24, 2.45) is 0 Å². The van der Waals surface area contributed by atoms with Gasteiger partial charge < -0.3 is 10.4 Å². The molecule has 4 aromatic rings. The molecule has 1 atom stereocenters. The highest BCUT2D eigenvalue weighted by molar-refractivity contribution is 7.99. The van der Waals surface area contributed by atoms with E-state index in [1.54, 1.807) is 11.8 Å². The molecule has 25 heavy (non-hydrogen) atoms. The molecule has 1 aliphatic heterocycles. The van der Waals surface area contributed by atoms with Gasteiger partial charge >= 0.3 is 0 Å². The first-order chi connectivity index (χ1) is 12.2. The summed E-state index contributed by atoms with van der Waals surface area (Å²) in [4.78, 5) is 3.62. The summed E-state index contributed by atoms with van der Waals surface area (Å²) in [5.74, 6) is 0.877. The average molecular weight is 347 g/mol. The summed E-state index contributed by atoms with van der Waals surface area (Å²) in [6.07, 6.45) is 0. The van der Waals surface area contributed by atoms with E-state index in [2.05, 4.69) is 70.0 Å². The maximum atomic E-state index is 4.26. The zero-order valence-electron chi connectivity index (χ0n) is 13.9. The topological polar surface area (TPSA) is 58.5 Å². The molecule has 124 valence electrons. The molecule has 5 rings (SSSR count). The summed E-state index contributed by atoms with van der Waals surface area (Å²) in [5.41, 5.74) is 9.56. The fraction of sp³-hybridized carbons (Fsp3) is 0.158. The van der Waals surface area contributed by atoms with Crippen LogP contribution in [0.4, 0.5) is 0 Å². The molecule has 0 saturated heterocycles. The number of nitrogens with zero attached hydrogens (tertiary/aromatic N) is 3. The molecule has 1 aliphatic rings. The SMILES string of the molecule is Cc1ccc2[nH]c(-c3ccccc3)c(C3Nn4c(C)nnc4S3)c2c1. The molecule has 0 radical (unpaired) electrons. The number of H-pyrrole nitrogens is 1. The maximum absolute atomic E-state index is 4.26. The minimum atomic E-state index is 0.0926. The molecule has 0 fully saturated rings. The third-order valence-electron chi connectivity index (χ3n) is 4.58. The Balaban J connectivity index is 1.72. The van der Waals surface area contributed by atoms with Gasteiger partial charge in [-0.05, 0) is 31.5 Å². The van der Waals surface area contributed by atoms with Crippen LogP contribution in [0.3, 0.4) is 0 Å². The van der Waals surface area contributed by atoms with Gasteiger partial charge in [0.15, 0.2) is 0 Å². The third-order valence-corrected chi connectivity index (χ3v) is 5.64. The molecule has 5 nitrogen and oxygen atoms in total. The maximum Gasteiger partial charge on any atom is 0.212 e. The minimum absolute atomic E-state index is 0.0926. The number of fused-ring (bicyclic) bond motifs is 2. The molecule has 0 saturated carbocycles. The highest BCUT2D eigenvalue weighted by atomic mass is 32.2. The summed E-state index contributed by atoms with van der Waals surface area (Å²) in [6.45, 7) is 4.09. The van der Waals surface area contributed by atoms with Crippen molar-refractivity contribution in [3.8, 4) is 11.3 Å². The van der Waals surface area contributed by atoms with Crippen LogP contribution < -0.4 is 5.43 Å². The van der Waals surface area contributed by atoms with E-state index in [-0.39, 0.29) is 5.37 Å². The number of benzene rings is 2. The van der Waals surface area contributed by atoms with Crippen molar-refractivity contribution in [3.05, 3.63) is 65.5 Å². The van der Waals surface area contributed by atoms with Gasteiger partial charge in [-0.15, -0.1) is 10.2 Å². The quantitative estimate of drug-likeness (QED) is 0.564. The van der Waals surface area contributed by atoms with Crippen LogP contribution >= 0.6 is 11.8 Å². The Kier molecular flexibility index (Phi) is 3.15. The smallest absolute Gasteiger partial charge is 0.212 e. The Hall–Kier alpha value is -2.73. The first-order valence-electron chi connectivity index (χ1n) is 8.23. The van der Waals surface area contributed by atoms with Crippen molar-refractivity contribution in [2.45, 2.75) is 24.4 Å². The molecule has 0 bridgehead atoms. The molecule has 6 heteroatoms. The number of rotatable bonds is 2. The minimum Gasteiger partial charge on any atom is -0.354 e. The zero-order chi connectivity index (χ0) is 17.0. The van der Waals surface area contributed by atoms with E-state index in [0.717, 1.165) is 22.2 Å². The second kappa shape index (κ2) is 5.39. The monoisotopic (exact) mass is 347 g/mol. The van der Waals surface area contributed by atoms with Crippen LogP contribution in [0.5, 0.6) is 0 Å². The third kappa shape index (κ3) is 2.25. The molecule has 3 heterocycles. The highest BCUT2D eigenvalue weighted by Gasteiger charge is 2.30. The number of thioether (sulfide) groups is 1. The van der Waals surface area contributed by atoms with Crippen LogP contribution in [-0.2, 0) is 0 Å². The molecule has 2 aromatic carbocycles. The van der Waals surface area contributed by atoms with E-state index in [1.807, 2.05) is 17.7 Å². The Bertz CT molecular complexity index is 1080. The lowest BCUT2D eigenvalue weighted by molar-refractivity contribution is 0.765. The lowest BCUT2D eigenvalue weighted by atomic mass is 10.0. The molecule has 0 amide bonds. The van der Waals surface area contributed by atoms with Crippen molar-refractivity contribution in [1.82, 2.24) is 19.9 Å². The van der Waals surface area contributed by atoms with Gasteiger partial charge in [0, 0.05) is 16.5 Å². The van der Waals surface area contributed by atoms with Crippen LogP contribution in [0.2, 0.25) is 0 Å². The second-order valence-electron chi connectivity index (χ2n) is 6.32. The largest absolute Gasteiger partial charge is 0.354 e. The van der Waals surface area contributed by atoms with Crippen molar-refractivity contribution < 1.29 is 0 Å².